The number of piperidine rings is 1. The number of nitrogens with zero attached hydrogens (tertiary/aromatic N) is 1. The molecule has 0 unspecified atom stereocenters. The quantitative estimate of drug-likeness (QED) is 0.679. The molecule has 0 radical (unpaired) electrons. The average molecular weight is 470 g/mol. The molecule has 0 saturated carbocycles. The molecule has 1 heterocycles. The minimum absolute atomic E-state index is 0.138. The molecule has 7 nitrogen and oxygen atoms in total. The molecule has 0 spiro atoms. The Balaban J connectivity index is 1.39. The van der Waals surface area contributed by atoms with E-state index in [0.717, 1.165) is 30.4 Å². The Morgan fingerprint density at radius 1 is 1.03 bits per heavy atom. The van der Waals surface area contributed by atoms with Crippen molar-refractivity contribution in [2.75, 3.05) is 25.0 Å². The molecular weight excluding hydrogens is 438 g/mol. The van der Waals surface area contributed by atoms with Gasteiger partial charge in [0.05, 0.1) is 4.90 Å². The third kappa shape index (κ3) is 4.96. The molecule has 1 aliphatic carbocycles. The zero-order valence-corrected chi connectivity index (χ0v) is 20.0. The molecule has 0 bridgehead atoms. The van der Waals surface area contributed by atoms with Gasteiger partial charge in [0.1, 0.15) is 0 Å². The monoisotopic (exact) mass is 469 g/mol. The molecule has 4 rings (SSSR count). The second kappa shape index (κ2) is 9.65. The van der Waals surface area contributed by atoms with Crippen molar-refractivity contribution in [1.82, 2.24) is 9.62 Å². The Morgan fingerprint density at radius 2 is 1.76 bits per heavy atom. The molecule has 2 aliphatic rings. The largest absolute Gasteiger partial charge is 0.352 e. The summed E-state index contributed by atoms with van der Waals surface area (Å²) in [6, 6.07) is 10.7. The number of fused-ring (bicyclic) bond motifs is 1. The predicted molar refractivity (Wildman–Crippen MR) is 128 cm³/mol. The molecule has 1 aliphatic heterocycles. The summed E-state index contributed by atoms with van der Waals surface area (Å²) >= 11 is 0. The lowest BCUT2D eigenvalue weighted by Gasteiger charge is -2.30. The summed E-state index contributed by atoms with van der Waals surface area (Å²) in [5.74, 6) is -0.595. The van der Waals surface area contributed by atoms with Gasteiger partial charge in [0.2, 0.25) is 15.9 Å². The molecule has 33 heavy (non-hydrogen) atoms. The molecule has 8 heteroatoms. The first-order chi connectivity index (χ1) is 15.8. The minimum atomic E-state index is -3.56. The van der Waals surface area contributed by atoms with Crippen molar-refractivity contribution in [2.45, 2.75) is 50.8 Å². The molecule has 1 saturated heterocycles. The van der Waals surface area contributed by atoms with Gasteiger partial charge in [-0.05, 0) is 86.9 Å². The number of anilines is 1. The van der Waals surface area contributed by atoms with Crippen molar-refractivity contribution >= 4 is 27.5 Å². The summed E-state index contributed by atoms with van der Waals surface area (Å²) in [4.78, 5) is 25.4. The van der Waals surface area contributed by atoms with Crippen LogP contribution in [-0.2, 0) is 27.7 Å². The van der Waals surface area contributed by atoms with Crippen molar-refractivity contribution in [3.63, 3.8) is 0 Å². The highest BCUT2D eigenvalue weighted by molar-refractivity contribution is 7.89. The van der Waals surface area contributed by atoms with Gasteiger partial charge in [-0.3, -0.25) is 9.59 Å². The normalized spacial score (nSPS) is 16.9. The van der Waals surface area contributed by atoms with Crippen molar-refractivity contribution in [1.29, 1.82) is 0 Å². The highest BCUT2D eigenvalue weighted by Crippen LogP contribution is 2.29. The second-order valence-electron chi connectivity index (χ2n) is 8.84. The first kappa shape index (κ1) is 23.4. The van der Waals surface area contributed by atoms with Crippen molar-refractivity contribution in [2.24, 2.45) is 5.92 Å². The molecule has 2 N–H and O–H groups in total. The fourth-order valence-electron chi connectivity index (χ4n) is 4.61. The van der Waals surface area contributed by atoms with Crippen LogP contribution in [0.3, 0.4) is 0 Å². The van der Waals surface area contributed by atoms with Gasteiger partial charge in [-0.1, -0.05) is 12.1 Å². The number of benzene rings is 2. The molecule has 176 valence electrons. The average Bonchev–Trinajstić information content (AvgIpc) is 3.28. The van der Waals surface area contributed by atoms with Crippen molar-refractivity contribution in [3.05, 3.63) is 58.7 Å². The lowest BCUT2D eigenvalue weighted by atomic mass is 9.97. The minimum Gasteiger partial charge on any atom is -0.352 e. The molecular formula is C25H31N3O4S. The van der Waals surface area contributed by atoms with Gasteiger partial charge in [0.15, 0.2) is 0 Å². The van der Waals surface area contributed by atoms with Gasteiger partial charge in [-0.25, -0.2) is 8.42 Å². The Kier molecular flexibility index (Phi) is 6.86. The van der Waals surface area contributed by atoms with Crippen LogP contribution in [0.4, 0.5) is 5.69 Å². The highest BCUT2D eigenvalue weighted by Gasteiger charge is 2.32. The third-order valence-corrected chi connectivity index (χ3v) is 8.52. The van der Waals surface area contributed by atoms with Crippen LogP contribution in [0.1, 0.15) is 53.2 Å². The van der Waals surface area contributed by atoms with Crippen LogP contribution in [-0.4, -0.2) is 44.2 Å². The second-order valence-corrected chi connectivity index (χ2v) is 10.8. The number of rotatable bonds is 6. The maximum absolute atomic E-state index is 13.1. The number of nitrogens with one attached hydrogen (secondary N) is 2. The highest BCUT2D eigenvalue weighted by atomic mass is 32.2. The summed E-state index contributed by atoms with van der Waals surface area (Å²) in [6.07, 6.45) is 3.95. The van der Waals surface area contributed by atoms with Crippen LogP contribution in [0, 0.1) is 12.8 Å². The number of hydrogen-bond donors (Lipinski definition) is 2. The number of aryl methyl sites for hydroxylation is 3. The molecule has 0 aromatic heterocycles. The van der Waals surface area contributed by atoms with E-state index in [1.807, 2.05) is 32.0 Å². The van der Waals surface area contributed by atoms with E-state index in [1.165, 1.54) is 9.87 Å². The summed E-state index contributed by atoms with van der Waals surface area (Å²) in [5.41, 5.74) is 4.35. The van der Waals surface area contributed by atoms with Gasteiger partial charge in [0, 0.05) is 36.8 Å². The maximum Gasteiger partial charge on any atom is 0.251 e. The Hall–Kier alpha value is -2.71. The molecule has 2 aromatic rings. The van der Waals surface area contributed by atoms with Crippen LogP contribution < -0.4 is 10.6 Å². The van der Waals surface area contributed by atoms with Crippen LogP contribution in [0.25, 0.3) is 0 Å². The summed E-state index contributed by atoms with van der Waals surface area (Å²) < 4.78 is 27.8. The van der Waals surface area contributed by atoms with E-state index in [1.54, 1.807) is 18.2 Å². The van der Waals surface area contributed by atoms with E-state index in [0.29, 0.717) is 48.6 Å². The number of hydrogen-bond acceptors (Lipinski definition) is 4. The summed E-state index contributed by atoms with van der Waals surface area (Å²) in [6.45, 7) is 4.89. The number of amides is 2. The Morgan fingerprint density at radius 3 is 2.48 bits per heavy atom. The smallest absolute Gasteiger partial charge is 0.251 e. The van der Waals surface area contributed by atoms with Crippen LogP contribution in [0.2, 0.25) is 0 Å². The first-order valence-corrected chi connectivity index (χ1v) is 13.0. The van der Waals surface area contributed by atoms with Crippen LogP contribution in [0.5, 0.6) is 0 Å². The molecule has 2 aromatic carbocycles. The Bertz CT molecular complexity index is 1170. The molecule has 0 atom stereocenters. The standard InChI is InChI=1S/C25H31N3O4S/c1-3-26-24(29)21-8-7-17(2)23(16-21)27-25(30)19-11-13-28(14-12-19)33(31,32)22-10-9-18-5-4-6-20(18)15-22/h7-10,15-16,19H,3-6,11-14H2,1-2H3,(H,26,29)(H,27,30). The van der Waals surface area contributed by atoms with E-state index in [4.69, 9.17) is 0 Å². The summed E-state index contributed by atoms with van der Waals surface area (Å²) in [5, 5.41) is 5.70. The zero-order chi connectivity index (χ0) is 23.6. The van der Waals surface area contributed by atoms with Crippen LogP contribution >= 0.6 is 0 Å². The van der Waals surface area contributed by atoms with E-state index < -0.39 is 10.0 Å². The maximum atomic E-state index is 13.1. The number of carbonyl (C=O) groups is 2. The van der Waals surface area contributed by atoms with Gasteiger partial charge in [-0.2, -0.15) is 4.31 Å². The molecule has 1 fully saturated rings. The fraction of sp³-hybridized carbons (Fsp3) is 0.440. The summed E-state index contributed by atoms with van der Waals surface area (Å²) in [7, 11) is -3.56. The van der Waals surface area contributed by atoms with Crippen LogP contribution in [0.15, 0.2) is 41.3 Å². The SMILES string of the molecule is CCNC(=O)c1ccc(C)c(NC(=O)C2CCN(S(=O)(=O)c3ccc4c(c3)CCC4)CC2)c1. The van der Waals surface area contributed by atoms with Crippen molar-refractivity contribution in [3.8, 4) is 0 Å². The van der Waals surface area contributed by atoms with E-state index in [2.05, 4.69) is 10.6 Å². The third-order valence-electron chi connectivity index (χ3n) is 6.63. The van der Waals surface area contributed by atoms with Gasteiger partial charge < -0.3 is 10.6 Å². The van der Waals surface area contributed by atoms with Crippen molar-refractivity contribution < 1.29 is 18.0 Å². The van der Waals surface area contributed by atoms with E-state index in [9.17, 15) is 18.0 Å². The Labute approximate surface area is 195 Å². The topological polar surface area (TPSA) is 95.6 Å². The van der Waals surface area contributed by atoms with Gasteiger partial charge >= 0.3 is 0 Å². The molecule has 2 amide bonds. The predicted octanol–water partition coefficient (Wildman–Crippen LogP) is 3.27. The zero-order valence-electron chi connectivity index (χ0n) is 19.2. The first-order valence-electron chi connectivity index (χ1n) is 11.6. The fourth-order valence-corrected chi connectivity index (χ4v) is 6.13. The lowest BCUT2D eigenvalue weighted by Crippen LogP contribution is -2.41. The number of carbonyl (C=O) groups excluding carboxylic acids is 2. The van der Waals surface area contributed by atoms with E-state index >= 15 is 0 Å². The lowest BCUT2D eigenvalue weighted by molar-refractivity contribution is -0.120. The van der Waals surface area contributed by atoms with Gasteiger partial charge in [-0.15, -0.1) is 0 Å². The van der Waals surface area contributed by atoms with Gasteiger partial charge in [0.25, 0.3) is 5.91 Å². The van der Waals surface area contributed by atoms with E-state index in [-0.39, 0.29) is 17.7 Å². The number of sulfonamides is 1.